The summed E-state index contributed by atoms with van der Waals surface area (Å²) in [5.41, 5.74) is 2.85. The molecule has 0 aliphatic carbocycles. The lowest BCUT2D eigenvalue weighted by Gasteiger charge is -2.09. The number of benzene rings is 2. The summed E-state index contributed by atoms with van der Waals surface area (Å²) in [7, 11) is 0. The Hall–Kier alpha value is -3.19. The molecule has 100 valence electrons. The maximum Gasteiger partial charge on any atom is 0.152 e. The highest BCUT2D eigenvalue weighted by molar-refractivity contribution is 5.74. The van der Waals surface area contributed by atoms with Gasteiger partial charge in [0.15, 0.2) is 5.82 Å². The van der Waals surface area contributed by atoms with E-state index in [-0.39, 0.29) is 0 Å². The van der Waals surface area contributed by atoms with Gasteiger partial charge in [0.1, 0.15) is 18.0 Å². The van der Waals surface area contributed by atoms with E-state index < -0.39 is 0 Å². The van der Waals surface area contributed by atoms with Crippen LogP contribution >= 0.6 is 0 Å². The summed E-state index contributed by atoms with van der Waals surface area (Å²) in [5, 5.41) is 12.6. The van der Waals surface area contributed by atoms with Gasteiger partial charge in [-0.05, 0) is 12.1 Å². The molecule has 3 rings (SSSR count). The van der Waals surface area contributed by atoms with E-state index in [1.165, 1.54) is 6.33 Å². The van der Waals surface area contributed by atoms with E-state index in [2.05, 4.69) is 21.4 Å². The van der Waals surface area contributed by atoms with Crippen molar-refractivity contribution in [3.63, 3.8) is 0 Å². The number of nitrogens with one attached hydrogen (secondary N) is 1. The van der Waals surface area contributed by atoms with E-state index in [1.54, 1.807) is 0 Å². The van der Waals surface area contributed by atoms with Gasteiger partial charge in [-0.25, -0.2) is 9.97 Å². The van der Waals surface area contributed by atoms with Gasteiger partial charge in [-0.1, -0.05) is 48.5 Å². The van der Waals surface area contributed by atoms with E-state index in [1.807, 2.05) is 60.7 Å². The van der Waals surface area contributed by atoms with E-state index in [0.29, 0.717) is 17.1 Å². The maximum absolute atomic E-state index is 9.47. The van der Waals surface area contributed by atoms with Crippen LogP contribution < -0.4 is 5.32 Å². The Kier molecular flexibility index (Phi) is 3.57. The summed E-state index contributed by atoms with van der Waals surface area (Å²) in [6.07, 6.45) is 1.47. The number of aromatic nitrogens is 2. The highest BCUT2D eigenvalue weighted by atomic mass is 15.0. The van der Waals surface area contributed by atoms with Gasteiger partial charge in [-0.2, -0.15) is 5.26 Å². The first-order valence-corrected chi connectivity index (χ1v) is 6.51. The normalized spacial score (nSPS) is 9.86. The van der Waals surface area contributed by atoms with Crippen molar-refractivity contribution in [3.05, 3.63) is 72.6 Å². The van der Waals surface area contributed by atoms with E-state index >= 15 is 0 Å². The number of hydrogen-bond acceptors (Lipinski definition) is 4. The minimum atomic E-state index is 0.438. The number of rotatable bonds is 3. The number of para-hydroxylation sites is 1. The van der Waals surface area contributed by atoms with Crippen LogP contribution in [0.3, 0.4) is 0 Å². The highest BCUT2D eigenvalue weighted by Gasteiger charge is 2.12. The maximum atomic E-state index is 9.47. The first-order valence-electron chi connectivity index (χ1n) is 6.51. The van der Waals surface area contributed by atoms with Crippen LogP contribution in [0.1, 0.15) is 5.56 Å². The summed E-state index contributed by atoms with van der Waals surface area (Å²) in [6.45, 7) is 0. The fraction of sp³-hybridized carbons (Fsp3) is 0. The Morgan fingerprint density at radius 1 is 0.857 bits per heavy atom. The molecule has 0 radical (unpaired) electrons. The standard InChI is InChI=1S/C17H12N4/c18-11-15-16(13-7-3-1-4-8-13)19-12-20-17(15)21-14-9-5-2-6-10-14/h1-10,12H,(H,19,20,21). The van der Waals surface area contributed by atoms with Gasteiger partial charge in [0, 0.05) is 11.3 Å². The van der Waals surface area contributed by atoms with Gasteiger partial charge in [-0.15, -0.1) is 0 Å². The van der Waals surface area contributed by atoms with Crippen LogP contribution in [-0.4, -0.2) is 9.97 Å². The minimum Gasteiger partial charge on any atom is -0.339 e. The molecule has 1 aromatic heterocycles. The molecule has 0 aliphatic rings. The summed E-state index contributed by atoms with van der Waals surface area (Å²) < 4.78 is 0. The number of nitrogens with zero attached hydrogens (tertiary/aromatic N) is 3. The average molecular weight is 272 g/mol. The van der Waals surface area contributed by atoms with E-state index in [4.69, 9.17) is 0 Å². The van der Waals surface area contributed by atoms with Crippen LogP contribution in [0, 0.1) is 11.3 Å². The molecule has 0 saturated heterocycles. The molecule has 0 saturated carbocycles. The molecule has 4 nitrogen and oxygen atoms in total. The Balaban J connectivity index is 2.05. The van der Waals surface area contributed by atoms with Gasteiger partial charge in [-0.3, -0.25) is 0 Å². The van der Waals surface area contributed by atoms with E-state index in [0.717, 1.165) is 11.3 Å². The van der Waals surface area contributed by atoms with Crippen LogP contribution in [0.15, 0.2) is 67.0 Å². The minimum absolute atomic E-state index is 0.438. The molecule has 0 unspecified atom stereocenters. The van der Waals surface area contributed by atoms with Crippen LogP contribution in [0.4, 0.5) is 11.5 Å². The molecule has 2 aromatic carbocycles. The molecular weight excluding hydrogens is 260 g/mol. The Labute approximate surface area is 122 Å². The summed E-state index contributed by atoms with van der Waals surface area (Å²) >= 11 is 0. The van der Waals surface area contributed by atoms with Gasteiger partial charge in [0.25, 0.3) is 0 Å². The first kappa shape index (κ1) is 12.8. The number of nitriles is 1. The molecule has 4 heteroatoms. The monoisotopic (exact) mass is 272 g/mol. The second-order valence-electron chi connectivity index (χ2n) is 4.41. The largest absolute Gasteiger partial charge is 0.339 e. The topological polar surface area (TPSA) is 61.6 Å². The molecule has 0 bridgehead atoms. The van der Waals surface area contributed by atoms with Crippen LogP contribution in [0.25, 0.3) is 11.3 Å². The zero-order chi connectivity index (χ0) is 14.5. The molecule has 0 atom stereocenters. The average Bonchev–Trinajstić information content (AvgIpc) is 2.56. The summed E-state index contributed by atoms with van der Waals surface area (Å²) in [5.74, 6) is 0.512. The van der Waals surface area contributed by atoms with Crippen LogP contribution in [-0.2, 0) is 0 Å². The molecule has 21 heavy (non-hydrogen) atoms. The lowest BCUT2D eigenvalue weighted by molar-refractivity contribution is 1.16. The fourth-order valence-corrected chi connectivity index (χ4v) is 2.06. The van der Waals surface area contributed by atoms with Crippen molar-refractivity contribution < 1.29 is 0 Å². The SMILES string of the molecule is N#Cc1c(Nc2ccccc2)ncnc1-c1ccccc1. The Morgan fingerprint density at radius 2 is 1.52 bits per heavy atom. The van der Waals surface area contributed by atoms with Crippen molar-refractivity contribution in [2.45, 2.75) is 0 Å². The molecule has 0 aliphatic heterocycles. The molecule has 0 amide bonds. The van der Waals surface area contributed by atoms with Crippen molar-refractivity contribution in [3.8, 4) is 17.3 Å². The number of hydrogen-bond donors (Lipinski definition) is 1. The second-order valence-corrected chi connectivity index (χ2v) is 4.41. The lowest BCUT2D eigenvalue weighted by atomic mass is 10.1. The predicted octanol–water partition coefficient (Wildman–Crippen LogP) is 3.76. The quantitative estimate of drug-likeness (QED) is 0.788. The van der Waals surface area contributed by atoms with Gasteiger partial charge < -0.3 is 5.32 Å². The fourth-order valence-electron chi connectivity index (χ4n) is 2.06. The molecule has 0 spiro atoms. The summed E-state index contributed by atoms with van der Waals surface area (Å²) in [6, 6.07) is 21.4. The zero-order valence-corrected chi connectivity index (χ0v) is 11.2. The molecule has 1 N–H and O–H groups in total. The highest BCUT2D eigenvalue weighted by Crippen LogP contribution is 2.26. The van der Waals surface area contributed by atoms with Crippen molar-refractivity contribution in [1.29, 1.82) is 5.26 Å². The Bertz CT molecular complexity index is 777. The lowest BCUT2D eigenvalue weighted by Crippen LogP contribution is -2.00. The predicted molar refractivity (Wildman–Crippen MR) is 81.9 cm³/mol. The molecular formula is C17H12N4. The Morgan fingerprint density at radius 3 is 2.19 bits per heavy atom. The van der Waals surface area contributed by atoms with Crippen LogP contribution in [0.5, 0.6) is 0 Å². The zero-order valence-electron chi connectivity index (χ0n) is 11.2. The van der Waals surface area contributed by atoms with Crippen molar-refractivity contribution in [2.24, 2.45) is 0 Å². The second kappa shape index (κ2) is 5.85. The van der Waals surface area contributed by atoms with Gasteiger partial charge in [0.2, 0.25) is 0 Å². The molecule has 3 aromatic rings. The molecule has 0 fully saturated rings. The third-order valence-corrected chi connectivity index (χ3v) is 3.04. The van der Waals surface area contributed by atoms with Crippen molar-refractivity contribution in [2.75, 3.05) is 5.32 Å². The summed E-state index contributed by atoms with van der Waals surface area (Å²) in [4.78, 5) is 8.43. The molecule has 1 heterocycles. The van der Waals surface area contributed by atoms with Crippen molar-refractivity contribution in [1.82, 2.24) is 9.97 Å². The third kappa shape index (κ3) is 2.72. The van der Waals surface area contributed by atoms with E-state index in [9.17, 15) is 5.26 Å². The van der Waals surface area contributed by atoms with Crippen LogP contribution in [0.2, 0.25) is 0 Å². The van der Waals surface area contributed by atoms with Gasteiger partial charge in [0.05, 0.1) is 5.69 Å². The van der Waals surface area contributed by atoms with Gasteiger partial charge >= 0.3 is 0 Å². The van der Waals surface area contributed by atoms with Crippen molar-refractivity contribution >= 4 is 11.5 Å². The third-order valence-electron chi connectivity index (χ3n) is 3.04. The smallest absolute Gasteiger partial charge is 0.152 e. The number of anilines is 2. The first-order chi connectivity index (χ1) is 10.4.